The van der Waals surface area contributed by atoms with Gasteiger partial charge in [-0.25, -0.2) is 4.39 Å². The van der Waals surface area contributed by atoms with Gasteiger partial charge in [-0.3, -0.25) is 0 Å². The predicted molar refractivity (Wildman–Crippen MR) is 85.1 cm³/mol. The summed E-state index contributed by atoms with van der Waals surface area (Å²) in [5.74, 6) is -0.163. The maximum absolute atomic E-state index is 14.0. The van der Waals surface area contributed by atoms with Gasteiger partial charge in [0.05, 0.1) is 11.4 Å². The first-order chi connectivity index (χ1) is 10.2. The number of likely N-dealkylation sites (N-methyl/N-ethyl adjacent to an activating group) is 1. The Morgan fingerprint density at radius 3 is 2.62 bits per heavy atom. The molecule has 3 rings (SSSR count). The van der Waals surface area contributed by atoms with Crippen molar-refractivity contribution in [3.05, 3.63) is 59.4 Å². The van der Waals surface area contributed by atoms with Crippen LogP contribution in [0.25, 0.3) is 0 Å². The SMILES string of the molecule is CN1CCN(Cc2cc(CN)ccc2F)c2ccccc21. The van der Waals surface area contributed by atoms with Crippen molar-refractivity contribution >= 4 is 11.4 Å². The standard InChI is InChI=1S/C17H20FN3/c1-20-8-9-21(17-5-3-2-4-16(17)20)12-14-10-13(11-19)6-7-15(14)18/h2-7,10H,8-9,11-12,19H2,1H3. The molecular formula is C17H20FN3. The molecule has 21 heavy (non-hydrogen) atoms. The van der Waals surface area contributed by atoms with E-state index >= 15 is 0 Å². The molecule has 1 aliphatic rings. The third-order valence-electron chi connectivity index (χ3n) is 4.05. The van der Waals surface area contributed by atoms with E-state index < -0.39 is 0 Å². The Kier molecular flexibility index (Phi) is 3.80. The second-order valence-corrected chi connectivity index (χ2v) is 5.46. The van der Waals surface area contributed by atoms with Gasteiger partial charge in [0.15, 0.2) is 0 Å². The van der Waals surface area contributed by atoms with Crippen LogP contribution in [-0.4, -0.2) is 20.1 Å². The van der Waals surface area contributed by atoms with Gasteiger partial charge in [0, 0.05) is 38.8 Å². The summed E-state index contributed by atoms with van der Waals surface area (Å²) in [7, 11) is 2.09. The molecular weight excluding hydrogens is 265 g/mol. The summed E-state index contributed by atoms with van der Waals surface area (Å²) in [6.45, 7) is 2.84. The number of nitrogens with zero attached hydrogens (tertiary/aromatic N) is 2. The third kappa shape index (κ3) is 2.72. The highest BCUT2D eigenvalue weighted by atomic mass is 19.1. The second-order valence-electron chi connectivity index (χ2n) is 5.46. The Labute approximate surface area is 124 Å². The lowest BCUT2D eigenvalue weighted by Gasteiger charge is -2.37. The van der Waals surface area contributed by atoms with Crippen LogP contribution >= 0.6 is 0 Å². The molecule has 0 unspecified atom stereocenters. The Bertz CT molecular complexity index is 642. The first-order valence-corrected chi connectivity index (χ1v) is 7.21. The maximum atomic E-state index is 14.0. The van der Waals surface area contributed by atoms with Crippen molar-refractivity contribution in [2.45, 2.75) is 13.1 Å². The van der Waals surface area contributed by atoms with Crippen LogP contribution < -0.4 is 15.5 Å². The number of benzene rings is 2. The molecule has 0 saturated heterocycles. The van der Waals surface area contributed by atoms with E-state index in [0.717, 1.165) is 24.3 Å². The molecule has 0 fully saturated rings. The first kappa shape index (κ1) is 13.9. The molecule has 0 saturated carbocycles. The number of hydrogen-bond acceptors (Lipinski definition) is 3. The summed E-state index contributed by atoms with van der Waals surface area (Å²) >= 11 is 0. The molecule has 0 atom stereocenters. The predicted octanol–water partition coefficient (Wildman–Crippen LogP) is 2.74. The van der Waals surface area contributed by atoms with Gasteiger partial charge in [0.25, 0.3) is 0 Å². The highest BCUT2D eigenvalue weighted by Gasteiger charge is 2.20. The average molecular weight is 285 g/mol. The van der Waals surface area contributed by atoms with Crippen molar-refractivity contribution in [2.24, 2.45) is 5.73 Å². The lowest BCUT2D eigenvalue weighted by Crippen LogP contribution is -2.38. The molecule has 1 aliphatic heterocycles. The molecule has 3 nitrogen and oxygen atoms in total. The normalized spacial score (nSPS) is 14.2. The Morgan fingerprint density at radius 1 is 1.10 bits per heavy atom. The number of anilines is 2. The molecule has 0 aromatic heterocycles. The van der Waals surface area contributed by atoms with Crippen LogP contribution in [0.3, 0.4) is 0 Å². The van der Waals surface area contributed by atoms with Crippen LogP contribution in [0.4, 0.5) is 15.8 Å². The van der Waals surface area contributed by atoms with Gasteiger partial charge in [-0.2, -0.15) is 0 Å². The Morgan fingerprint density at radius 2 is 1.86 bits per heavy atom. The maximum Gasteiger partial charge on any atom is 0.128 e. The van der Waals surface area contributed by atoms with E-state index in [2.05, 4.69) is 29.0 Å². The first-order valence-electron chi connectivity index (χ1n) is 7.21. The van der Waals surface area contributed by atoms with E-state index in [1.54, 1.807) is 6.07 Å². The molecule has 0 spiro atoms. The van der Waals surface area contributed by atoms with Crippen LogP contribution in [0, 0.1) is 5.82 Å². The molecule has 0 radical (unpaired) electrons. The minimum atomic E-state index is -0.163. The Hall–Kier alpha value is -2.07. The van der Waals surface area contributed by atoms with Gasteiger partial charge in [0.2, 0.25) is 0 Å². The summed E-state index contributed by atoms with van der Waals surface area (Å²) in [5, 5.41) is 0. The van der Waals surface area contributed by atoms with Crippen LogP contribution in [0.2, 0.25) is 0 Å². The molecule has 110 valence electrons. The molecule has 2 aromatic rings. The number of para-hydroxylation sites is 2. The average Bonchev–Trinajstić information content (AvgIpc) is 2.52. The van der Waals surface area contributed by atoms with Crippen LogP contribution in [-0.2, 0) is 13.1 Å². The number of hydrogen-bond donors (Lipinski definition) is 1. The third-order valence-corrected chi connectivity index (χ3v) is 4.05. The van der Waals surface area contributed by atoms with Crippen molar-refractivity contribution in [2.75, 3.05) is 29.9 Å². The molecule has 0 amide bonds. The zero-order valence-electron chi connectivity index (χ0n) is 12.2. The quantitative estimate of drug-likeness (QED) is 0.941. The smallest absolute Gasteiger partial charge is 0.128 e. The van der Waals surface area contributed by atoms with E-state index in [1.807, 2.05) is 18.2 Å². The van der Waals surface area contributed by atoms with Crippen LogP contribution in [0.5, 0.6) is 0 Å². The topological polar surface area (TPSA) is 32.5 Å². The zero-order chi connectivity index (χ0) is 14.8. The lowest BCUT2D eigenvalue weighted by molar-refractivity contribution is 0.600. The fourth-order valence-corrected chi connectivity index (χ4v) is 2.81. The highest BCUT2D eigenvalue weighted by molar-refractivity contribution is 5.73. The van der Waals surface area contributed by atoms with Gasteiger partial charge in [-0.05, 0) is 29.8 Å². The summed E-state index contributed by atoms with van der Waals surface area (Å²) in [6, 6.07) is 13.4. The van der Waals surface area contributed by atoms with E-state index in [4.69, 9.17) is 5.73 Å². The number of fused-ring (bicyclic) bond motifs is 1. The molecule has 2 aromatic carbocycles. The summed E-state index contributed by atoms with van der Waals surface area (Å²) < 4.78 is 14.0. The largest absolute Gasteiger partial charge is 0.371 e. The fraction of sp³-hybridized carbons (Fsp3) is 0.294. The van der Waals surface area contributed by atoms with E-state index in [-0.39, 0.29) is 5.82 Å². The van der Waals surface area contributed by atoms with Crippen molar-refractivity contribution in [1.82, 2.24) is 0 Å². The lowest BCUT2D eigenvalue weighted by atomic mass is 10.1. The molecule has 1 heterocycles. The molecule has 4 heteroatoms. The minimum absolute atomic E-state index is 0.163. The van der Waals surface area contributed by atoms with E-state index in [0.29, 0.717) is 18.7 Å². The van der Waals surface area contributed by atoms with Crippen molar-refractivity contribution in [1.29, 1.82) is 0 Å². The fourth-order valence-electron chi connectivity index (χ4n) is 2.81. The summed E-state index contributed by atoms with van der Waals surface area (Å²) in [6.07, 6.45) is 0. The van der Waals surface area contributed by atoms with Crippen LogP contribution in [0.15, 0.2) is 42.5 Å². The van der Waals surface area contributed by atoms with Crippen molar-refractivity contribution in [3.8, 4) is 0 Å². The Balaban J connectivity index is 1.91. The highest BCUT2D eigenvalue weighted by Crippen LogP contribution is 2.33. The zero-order valence-corrected chi connectivity index (χ0v) is 12.2. The second kappa shape index (κ2) is 5.74. The minimum Gasteiger partial charge on any atom is -0.371 e. The van der Waals surface area contributed by atoms with Crippen LogP contribution in [0.1, 0.15) is 11.1 Å². The van der Waals surface area contributed by atoms with Crippen molar-refractivity contribution in [3.63, 3.8) is 0 Å². The molecule has 0 bridgehead atoms. The molecule has 2 N–H and O–H groups in total. The number of rotatable bonds is 3. The number of halogens is 1. The van der Waals surface area contributed by atoms with E-state index in [9.17, 15) is 4.39 Å². The molecule has 0 aliphatic carbocycles. The summed E-state index contributed by atoms with van der Waals surface area (Å²) in [5.41, 5.74) is 9.68. The van der Waals surface area contributed by atoms with Gasteiger partial charge in [0.1, 0.15) is 5.82 Å². The van der Waals surface area contributed by atoms with Gasteiger partial charge in [-0.1, -0.05) is 18.2 Å². The van der Waals surface area contributed by atoms with Crippen molar-refractivity contribution < 1.29 is 4.39 Å². The van der Waals surface area contributed by atoms with E-state index in [1.165, 1.54) is 11.8 Å². The summed E-state index contributed by atoms with van der Waals surface area (Å²) in [4.78, 5) is 4.46. The number of nitrogens with two attached hydrogens (primary N) is 1. The van der Waals surface area contributed by atoms with Gasteiger partial charge >= 0.3 is 0 Å². The monoisotopic (exact) mass is 285 g/mol. The van der Waals surface area contributed by atoms with Gasteiger partial charge in [-0.15, -0.1) is 0 Å². The van der Waals surface area contributed by atoms with Gasteiger partial charge < -0.3 is 15.5 Å².